The molecule has 2 aromatic rings. The number of rotatable bonds is 5. The summed E-state index contributed by atoms with van der Waals surface area (Å²) in [6.07, 6.45) is 1.16. The standard InChI is InChI=1S/C16H17NO2/c1-19-15-9-5-6-13(12-15)10-11-16(18)17-14-7-3-2-4-8-14/h2-9,12H,10-11H2,1H3,(H,17,18). The molecule has 1 amide bonds. The van der Waals surface area contributed by atoms with Gasteiger partial charge in [0, 0.05) is 12.1 Å². The summed E-state index contributed by atoms with van der Waals surface area (Å²) in [4.78, 5) is 11.8. The molecule has 3 heteroatoms. The minimum absolute atomic E-state index is 0.0222. The van der Waals surface area contributed by atoms with Gasteiger partial charge in [-0.2, -0.15) is 0 Å². The molecule has 1 N–H and O–H groups in total. The SMILES string of the molecule is COc1cccc(CCC(=O)Nc2ccccc2)c1. The van der Waals surface area contributed by atoms with Gasteiger partial charge in [-0.05, 0) is 36.2 Å². The van der Waals surface area contributed by atoms with Crippen LogP contribution in [0.25, 0.3) is 0 Å². The van der Waals surface area contributed by atoms with Crippen LogP contribution in [0, 0.1) is 0 Å². The molecule has 0 fully saturated rings. The van der Waals surface area contributed by atoms with Gasteiger partial charge in [0.15, 0.2) is 0 Å². The topological polar surface area (TPSA) is 38.3 Å². The van der Waals surface area contributed by atoms with E-state index in [1.807, 2.05) is 54.6 Å². The Balaban J connectivity index is 1.86. The van der Waals surface area contributed by atoms with Crippen molar-refractivity contribution in [1.82, 2.24) is 0 Å². The number of ether oxygens (including phenoxy) is 1. The Kier molecular flexibility index (Phi) is 4.56. The van der Waals surface area contributed by atoms with Crippen LogP contribution < -0.4 is 10.1 Å². The summed E-state index contributed by atoms with van der Waals surface area (Å²) in [6, 6.07) is 17.3. The molecule has 98 valence electrons. The second kappa shape index (κ2) is 6.59. The van der Waals surface area contributed by atoms with Crippen molar-refractivity contribution in [3.05, 3.63) is 60.2 Å². The molecule has 3 nitrogen and oxygen atoms in total. The third kappa shape index (κ3) is 4.14. The van der Waals surface area contributed by atoms with Crippen LogP contribution in [0.2, 0.25) is 0 Å². The van der Waals surface area contributed by atoms with Gasteiger partial charge in [0.1, 0.15) is 5.75 Å². The second-order valence-corrected chi connectivity index (χ2v) is 4.27. The summed E-state index contributed by atoms with van der Waals surface area (Å²) in [5, 5.41) is 2.87. The van der Waals surface area contributed by atoms with Crippen molar-refractivity contribution in [3.8, 4) is 5.75 Å². The van der Waals surface area contributed by atoms with Crippen molar-refractivity contribution in [2.45, 2.75) is 12.8 Å². The summed E-state index contributed by atoms with van der Waals surface area (Å²) < 4.78 is 5.16. The Morgan fingerprint density at radius 1 is 1.11 bits per heavy atom. The fourth-order valence-corrected chi connectivity index (χ4v) is 1.83. The van der Waals surface area contributed by atoms with Gasteiger partial charge in [-0.25, -0.2) is 0 Å². The zero-order chi connectivity index (χ0) is 13.5. The first kappa shape index (κ1) is 13.1. The van der Waals surface area contributed by atoms with E-state index in [1.165, 1.54) is 0 Å². The number of nitrogens with one attached hydrogen (secondary N) is 1. The summed E-state index contributed by atoms with van der Waals surface area (Å²) in [5.74, 6) is 0.843. The van der Waals surface area contributed by atoms with Crippen LogP contribution in [0.1, 0.15) is 12.0 Å². The molecule has 0 aromatic heterocycles. The van der Waals surface area contributed by atoms with Crippen LogP contribution in [-0.4, -0.2) is 13.0 Å². The quantitative estimate of drug-likeness (QED) is 0.890. The molecule has 0 heterocycles. The van der Waals surface area contributed by atoms with Crippen LogP contribution in [0.4, 0.5) is 5.69 Å². The Bertz CT molecular complexity index is 537. The van der Waals surface area contributed by atoms with Crippen molar-refractivity contribution >= 4 is 11.6 Å². The van der Waals surface area contributed by atoms with Crippen molar-refractivity contribution in [1.29, 1.82) is 0 Å². The smallest absolute Gasteiger partial charge is 0.224 e. The van der Waals surface area contributed by atoms with Crippen LogP contribution >= 0.6 is 0 Å². The van der Waals surface area contributed by atoms with Crippen LogP contribution in [0.5, 0.6) is 5.75 Å². The molecule has 2 aromatic carbocycles. The maximum absolute atomic E-state index is 11.8. The average molecular weight is 255 g/mol. The maximum Gasteiger partial charge on any atom is 0.224 e. The van der Waals surface area contributed by atoms with E-state index >= 15 is 0 Å². The number of hydrogen-bond donors (Lipinski definition) is 1. The first-order valence-corrected chi connectivity index (χ1v) is 6.26. The Morgan fingerprint density at radius 3 is 2.63 bits per heavy atom. The van der Waals surface area contributed by atoms with E-state index in [2.05, 4.69) is 5.32 Å². The van der Waals surface area contributed by atoms with Crippen molar-refractivity contribution in [3.63, 3.8) is 0 Å². The molecule has 0 saturated heterocycles. The third-order valence-electron chi connectivity index (χ3n) is 2.83. The van der Waals surface area contributed by atoms with Crippen molar-refractivity contribution in [2.24, 2.45) is 0 Å². The number of hydrogen-bond acceptors (Lipinski definition) is 2. The van der Waals surface area contributed by atoms with Gasteiger partial charge >= 0.3 is 0 Å². The molecule has 0 aliphatic carbocycles. The predicted molar refractivity (Wildman–Crippen MR) is 76.4 cm³/mol. The highest BCUT2D eigenvalue weighted by molar-refractivity contribution is 5.90. The fourth-order valence-electron chi connectivity index (χ4n) is 1.83. The average Bonchev–Trinajstić information content (AvgIpc) is 2.46. The van der Waals surface area contributed by atoms with Gasteiger partial charge in [0.25, 0.3) is 0 Å². The Morgan fingerprint density at radius 2 is 1.89 bits per heavy atom. The van der Waals surface area contributed by atoms with Crippen LogP contribution in [-0.2, 0) is 11.2 Å². The van der Waals surface area contributed by atoms with E-state index in [4.69, 9.17) is 4.74 Å². The summed E-state index contributed by atoms with van der Waals surface area (Å²) >= 11 is 0. The minimum Gasteiger partial charge on any atom is -0.497 e. The number of para-hydroxylation sites is 1. The highest BCUT2D eigenvalue weighted by Gasteiger charge is 2.03. The van der Waals surface area contributed by atoms with Gasteiger partial charge in [-0.15, -0.1) is 0 Å². The lowest BCUT2D eigenvalue weighted by atomic mass is 10.1. The maximum atomic E-state index is 11.8. The van der Waals surface area contributed by atoms with E-state index in [9.17, 15) is 4.79 Å². The van der Waals surface area contributed by atoms with Gasteiger partial charge in [-0.1, -0.05) is 30.3 Å². The van der Waals surface area contributed by atoms with Crippen LogP contribution in [0.15, 0.2) is 54.6 Å². The molecule has 0 atom stereocenters. The number of benzene rings is 2. The second-order valence-electron chi connectivity index (χ2n) is 4.27. The first-order valence-electron chi connectivity index (χ1n) is 6.26. The monoisotopic (exact) mass is 255 g/mol. The highest BCUT2D eigenvalue weighted by Crippen LogP contribution is 2.14. The Labute approximate surface area is 113 Å². The highest BCUT2D eigenvalue weighted by atomic mass is 16.5. The van der Waals surface area contributed by atoms with E-state index in [0.717, 1.165) is 17.0 Å². The molecule has 0 radical (unpaired) electrons. The number of aryl methyl sites for hydroxylation is 1. The van der Waals surface area contributed by atoms with Gasteiger partial charge in [0.2, 0.25) is 5.91 Å². The van der Waals surface area contributed by atoms with Crippen molar-refractivity contribution < 1.29 is 9.53 Å². The Hall–Kier alpha value is -2.29. The number of carbonyl (C=O) groups excluding carboxylic acids is 1. The largest absolute Gasteiger partial charge is 0.497 e. The van der Waals surface area contributed by atoms with Crippen LogP contribution in [0.3, 0.4) is 0 Å². The number of methoxy groups -OCH3 is 1. The summed E-state index contributed by atoms with van der Waals surface area (Å²) in [6.45, 7) is 0. The lowest BCUT2D eigenvalue weighted by molar-refractivity contribution is -0.116. The van der Waals surface area contributed by atoms with E-state index in [-0.39, 0.29) is 5.91 Å². The fraction of sp³-hybridized carbons (Fsp3) is 0.188. The van der Waals surface area contributed by atoms with E-state index in [1.54, 1.807) is 7.11 Å². The minimum atomic E-state index is 0.0222. The molecule has 0 bridgehead atoms. The van der Waals surface area contributed by atoms with Gasteiger partial charge in [0.05, 0.1) is 7.11 Å². The lowest BCUT2D eigenvalue weighted by Crippen LogP contribution is -2.12. The molecule has 0 unspecified atom stereocenters. The number of carbonyl (C=O) groups is 1. The van der Waals surface area contributed by atoms with Crippen molar-refractivity contribution in [2.75, 3.05) is 12.4 Å². The molecule has 2 rings (SSSR count). The molecule has 0 saturated carbocycles. The van der Waals surface area contributed by atoms with E-state index < -0.39 is 0 Å². The zero-order valence-electron chi connectivity index (χ0n) is 10.9. The molecule has 0 spiro atoms. The molecular weight excluding hydrogens is 238 g/mol. The predicted octanol–water partition coefficient (Wildman–Crippen LogP) is 3.27. The molecular formula is C16H17NO2. The summed E-state index contributed by atoms with van der Waals surface area (Å²) in [7, 11) is 1.64. The van der Waals surface area contributed by atoms with E-state index in [0.29, 0.717) is 12.8 Å². The lowest BCUT2D eigenvalue weighted by Gasteiger charge is -2.06. The number of anilines is 1. The molecule has 19 heavy (non-hydrogen) atoms. The first-order chi connectivity index (χ1) is 9.28. The van der Waals surface area contributed by atoms with Gasteiger partial charge < -0.3 is 10.1 Å². The summed E-state index contributed by atoms with van der Waals surface area (Å²) in [5.41, 5.74) is 1.93. The molecule has 0 aliphatic heterocycles. The zero-order valence-corrected chi connectivity index (χ0v) is 10.9. The number of amides is 1. The normalized spacial score (nSPS) is 9.95. The molecule has 0 aliphatic rings. The third-order valence-corrected chi connectivity index (χ3v) is 2.83. The van der Waals surface area contributed by atoms with Gasteiger partial charge in [-0.3, -0.25) is 4.79 Å².